The summed E-state index contributed by atoms with van der Waals surface area (Å²) in [5.74, 6) is 0. The maximum atomic E-state index is 5.71. The van der Waals surface area contributed by atoms with Crippen LogP contribution in [0.5, 0.6) is 0 Å². The first kappa shape index (κ1) is 10.6. The molecule has 0 saturated carbocycles. The molecule has 1 aromatic rings. The van der Waals surface area contributed by atoms with Gasteiger partial charge in [0.05, 0.1) is 11.6 Å². The lowest BCUT2D eigenvalue weighted by molar-refractivity contribution is 0.675. The molecule has 1 rings (SSSR count). The molecule has 0 aromatic carbocycles. The van der Waals surface area contributed by atoms with E-state index in [0.717, 1.165) is 9.21 Å². The molecule has 0 saturated heterocycles. The molecule has 0 aliphatic carbocycles. The highest BCUT2D eigenvalue weighted by atomic mass is 79.9. The molecule has 0 spiro atoms. The number of allylic oxidation sites excluding steroid dienone is 1. The lowest BCUT2D eigenvalue weighted by atomic mass is 10.6. The van der Waals surface area contributed by atoms with Gasteiger partial charge in [0.1, 0.15) is 9.21 Å². The van der Waals surface area contributed by atoms with E-state index in [0.29, 0.717) is 11.6 Å². The molecular weight excluding hydrogens is 331 g/mol. The molecule has 0 amide bonds. The summed E-state index contributed by atoms with van der Waals surface area (Å²) in [4.78, 5) is 0. The number of nitrogens with zero attached hydrogens (tertiary/aromatic N) is 2. The standard InChI is InChI=1S/C6H4Br2Cl2N2/c7-5-1-6(8)12(11-5)3-4(10)2-9/h1-2H,3H2/b4-2+. The highest BCUT2D eigenvalue weighted by Crippen LogP contribution is 2.18. The molecule has 0 fully saturated rings. The van der Waals surface area contributed by atoms with E-state index in [2.05, 4.69) is 37.0 Å². The van der Waals surface area contributed by atoms with Crippen molar-refractivity contribution in [2.24, 2.45) is 0 Å². The molecule has 0 N–H and O–H groups in total. The first-order valence-corrected chi connectivity index (χ1v) is 5.37. The Morgan fingerprint density at radius 1 is 1.67 bits per heavy atom. The minimum absolute atomic E-state index is 0.469. The smallest absolute Gasteiger partial charge is 0.129 e. The number of aromatic nitrogens is 2. The average molecular weight is 335 g/mol. The Bertz CT molecular complexity index is 308. The molecule has 0 aliphatic heterocycles. The Morgan fingerprint density at radius 3 is 2.75 bits per heavy atom. The van der Waals surface area contributed by atoms with Crippen molar-refractivity contribution in [2.45, 2.75) is 6.54 Å². The van der Waals surface area contributed by atoms with E-state index in [9.17, 15) is 0 Å². The zero-order chi connectivity index (χ0) is 9.14. The van der Waals surface area contributed by atoms with E-state index >= 15 is 0 Å². The summed E-state index contributed by atoms with van der Waals surface area (Å²) in [5, 5.41) is 4.64. The van der Waals surface area contributed by atoms with E-state index in [-0.39, 0.29) is 0 Å². The molecule has 1 aromatic heterocycles. The van der Waals surface area contributed by atoms with Crippen LogP contribution in [-0.2, 0) is 6.54 Å². The average Bonchev–Trinajstić information content (AvgIpc) is 2.30. The first-order valence-electron chi connectivity index (χ1n) is 2.97. The van der Waals surface area contributed by atoms with Crippen LogP contribution in [0.15, 0.2) is 25.8 Å². The van der Waals surface area contributed by atoms with Gasteiger partial charge in [-0.2, -0.15) is 5.10 Å². The molecule has 66 valence electrons. The largest absolute Gasteiger partial charge is 0.252 e. The van der Waals surface area contributed by atoms with Crippen LogP contribution in [-0.4, -0.2) is 9.78 Å². The van der Waals surface area contributed by atoms with Gasteiger partial charge in [0, 0.05) is 11.6 Å². The zero-order valence-corrected chi connectivity index (χ0v) is 10.5. The summed E-state index contributed by atoms with van der Waals surface area (Å²) in [6.45, 7) is 0.469. The van der Waals surface area contributed by atoms with Gasteiger partial charge in [0.2, 0.25) is 0 Å². The van der Waals surface area contributed by atoms with E-state index in [4.69, 9.17) is 23.2 Å². The monoisotopic (exact) mass is 332 g/mol. The fraction of sp³-hybridized carbons (Fsp3) is 0.167. The van der Waals surface area contributed by atoms with Crippen molar-refractivity contribution in [3.8, 4) is 0 Å². The van der Waals surface area contributed by atoms with Crippen molar-refractivity contribution in [1.82, 2.24) is 9.78 Å². The minimum atomic E-state index is 0.469. The van der Waals surface area contributed by atoms with Crippen molar-refractivity contribution in [3.63, 3.8) is 0 Å². The van der Waals surface area contributed by atoms with Gasteiger partial charge in [-0.05, 0) is 31.9 Å². The molecule has 1 heterocycles. The van der Waals surface area contributed by atoms with Gasteiger partial charge < -0.3 is 0 Å². The Kier molecular flexibility index (Phi) is 4.10. The summed E-state index contributed by atoms with van der Waals surface area (Å²) in [6.07, 6.45) is 0. The summed E-state index contributed by atoms with van der Waals surface area (Å²) >= 11 is 17.7. The predicted octanol–water partition coefficient (Wildman–Crippen LogP) is 3.73. The molecule has 12 heavy (non-hydrogen) atoms. The van der Waals surface area contributed by atoms with Crippen LogP contribution in [0.3, 0.4) is 0 Å². The van der Waals surface area contributed by atoms with Crippen LogP contribution in [0.2, 0.25) is 0 Å². The topological polar surface area (TPSA) is 17.8 Å². The third-order valence-corrected chi connectivity index (χ3v) is 2.75. The second-order valence-electron chi connectivity index (χ2n) is 2.00. The van der Waals surface area contributed by atoms with Crippen molar-refractivity contribution in [2.75, 3.05) is 0 Å². The Hall–Kier alpha value is 0.490. The summed E-state index contributed by atoms with van der Waals surface area (Å²) in [7, 11) is 0. The fourth-order valence-electron chi connectivity index (χ4n) is 0.653. The van der Waals surface area contributed by atoms with Gasteiger partial charge in [-0.15, -0.1) is 0 Å². The van der Waals surface area contributed by atoms with Crippen molar-refractivity contribution >= 4 is 55.1 Å². The second-order valence-corrected chi connectivity index (χ2v) is 4.33. The number of hydrogen-bond acceptors (Lipinski definition) is 1. The summed E-state index contributed by atoms with van der Waals surface area (Å²) < 4.78 is 3.30. The molecule has 0 aliphatic rings. The maximum Gasteiger partial charge on any atom is 0.129 e. The van der Waals surface area contributed by atoms with Gasteiger partial charge in [-0.1, -0.05) is 23.2 Å². The van der Waals surface area contributed by atoms with Gasteiger partial charge in [-0.25, -0.2) is 0 Å². The Balaban J connectivity index is 2.82. The van der Waals surface area contributed by atoms with Crippen LogP contribution >= 0.6 is 55.1 Å². The second kappa shape index (κ2) is 4.65. The third kappa shape index (κ3) is 2.76. The van der Waals surface area contributed by atoms with Crippen LogP contribution < -0.4 is 0 Å². The van der Waals surface area contributed by atoms with Crippen molar-refractivity contribution < 1.29 is 0 Å². The van der Waals surface area contributed by atoms with E-state index < -0.39 is 0 Å². The normalized spacial score (nSPS) is 12.2. The Morgan fingerprint density at radius 2 is 2.33 bits per heavy atom. The fourth-order valence-corrected chi connectivity index (χ4v) is 1.97. The molecule has 2 nitrogen and oxygen atoms in total. The number of rotatable bonds is 2. The molecule has 0 atom stereocenters. The van der Waals surface area contributed by atoms with Crippen molar-refractivity contribution in [1.29, 1.82) is 0 Å². The van der Waals surface area contributed by atoms with Crippen LogP contribution in [0.1, 0.15) is 0 Å². The van der Waals surface area contributed by atoms with Crippen LogP contribution in [0, 0.1) is 0 Å². The van der Waals surface area contributed by atoms with E-state index in [1.807, 2.05) is 6.07 Å². The summed E-state index contributed by atoms with van der Waals surface area (Å²) in [6, 6.07) is 1.83. The van der Waals surface area contributed by atoms with Crippen molar-refractivity contribution in [3.05, 3.63) is 25.8 Å². The minimum Gasteiger partial charge on any atom is -0.252 e. The first-order chi connectivity index (χ1) is 5.63. The van der Waals surface area contributed by atoms with Gasteiger partial charge in [0.25, 0.3) is 0 Å². The molecule has 0 bridgehead atoms. The lowest BCUT2D eigenvalue weighted by Crippen LogP contribution is -1.99. The predicted molar refractivity (Wildman–Crippen MR) is 57.4 cm³/mol. The van der Waals surface area contributed by atoms with Gasteiger partial charge in [0.15, 0.2) is 0 Å². The maximum absolute atomic E-state index is 5.71. The van der Waals surface area contributed by atoms with E-state index in [1.54, 1.807) is 4.68 Å². The molecule has 0 radical (unpaired) electrons. The van der Waals surface area contributed by atoms with Crippen LogP contribution in [0.25, 0.3) is 0 Å². The summed E-state index contributed by atoms with van der Waals surface area (Å²) in [5.41, 5.74) is 1.32. The quantitative estimate of drug-likeness (QED) is 0.806. The third-order valence-electron chi connectivity index (χ3n) is 1.12. The highest BCUT2D eigenvalue weighted by molar-refractivity contribution is 9.11. The van der Waals surface area contributed by atoms with Gasteiger partial charge >= 0.3 is 0 Å². The Labute approximate surface area is 96.8 Å². The molecule has 0 unspecified atom stereocenters. The SMILES string of the molecule is Cl/C=C(/Cl)Cn1nc(Br)cc1Br. The number of halogens is 4. The molecular formula is C6H4Br2Cl2N2. The zero-order valence-electron chi connectivity index (χ0n) is 5.77. The number of hydrogen-bond donors (Lipinski definition) is 0. The highest BCUT2D eigenvalue weighted by Gasteiger charge is 2.03. The van der Waals surface area contributed by atoms with Gasteiger partial charge in [-0.3, -0.25) is 4.68 Å². The van der Waals surface area contributed by atoms with Crippen LogP contribution in [0.4, 0.5) is 0 Å². The van der Waals surface area contributed by atoms with E-state index in [1.165, 1.54) is 5.54 Å². The molecule has 6 heteroatoms. The lowest BCUT2D eigenvalue weighted by Gasteiger charge is -1.99.